The molecule has 0 fully saturated rings. The lowest BCUT2D eigenvalue weighted by atomic mass is 9.91. The largest absolute Gasteiger partial charge is 0.370 e. The van der Waals surface area contributed by atoms with Crippen molar-refractivity contribution in [2.24, 2.45) is 0 Å². The van der Waals surface area contributed by atoms with Crippen molar-refractivity contribution in [2.45, 2.75) is 50.6 Å². The maximum Gasteiger partial charge on any atom is 0.264 e. The van der Waals surface area contributed by atoms with Crippen LogP contribution in [0.4, 0.5) is 0 Å². The van der Waals surface area contributed by atoms with Gasteiger partial charge in [-0.3, -0.25) is 14.2 Å². The van der Waals surface area contributed by atoms with Crippen molar-refractivity contribution in [3.63, 3.8) is 0 Å². The molecule has 36 heavy (non-hydrogen) atoms. The summed E-state index contributed by atoms with van der Waals surface area (Å²) in [5.41, 5.74) is 3.33. The Morgan fingerprint density at radius 2 is 1.89 bits per heavy atom. The molecular weight excluding hydrogens is 494 g/mol. The molecule has 0 spiro atoms. The Labute approximate surface area is 218 Å². The van der Waals surface area contributed by atoms with Crippen molar-refractivity contribution in [1.82, 2.24) is 14.5 Å². The Balaban J connectivity index is 1.55. The number of ketones is 1. The maximum atomic E-state index is 13.7. The second-order valence-electron chi connectivity index (χ2n) is 9.22. The first-order chi connectivity index (χ1) is 17.3. The van der Waals surface area contributed by atoms with E-state index in [2.05, 4.69) is 13.8 Å². The number of carbonyl (C=O) groups excluding carboxylic acids is 1. The molecule has 5 rings (SSSR count). The van der Waals surface area contributed by atoms with E-state index in [-0.39, 0.29) is 22.7 Å². The van der Waals surface area contributed by atoms with Crippen LogP contribution in [0, 0.1) is 0 Å². The number of thioether (sulfide) groups is 1. The van der Waals surface area contributed by atoms with Crippen LogP contribution < -0.4 is 5.56 Å². The van der Waals surface area contributed by atoms with Crippen LogP contribution in [-0.2, 0) is 24.3 Å². The molecule has 0 aliphatic carbocycles. The van der Waals surface area contributed by atoms with Gasteiger partial charge in [-0.05, 0) is 49.2 Å². The molecule has 1 aliphatic rings. The minimum Gasteiger partial charge on any atom is -0.370 e. The van der Waals surface area contributed by atoms with Gasteiger partial charge in [0.05, 0.1) is 35.6 Å². The number of nitrogens with zero attached hydrogens (tertiary/aromatic N) is 3. The topological polar surface area (TPSA) is 74.1 Å². The van der Waals surface area contributed by atoms with Gasteiger partial charge in [0, 0.05) is 22.6 Å². The number of Topliss-reactive ketones (excluding diaryl/α,β-unsaturated/α-hetero) is 1. The molecule has 2 aromatic carbocycles. The summed E-state index contributed by atoms with van der Waals surface area (Å²) in [6.45, 7) is 4.95. The Bertz CT molecular complexity index is 1490. The maximum absolute atomic E-state index is 13.7. The van der Waals surface area contributed by atoms with Gasteiger partial charge < -0.3 is 4.74 Å². The van der Waals surface area contributed by atoms with Gasteiger partial charge in [-0.2, -0.15) is 0 Å². The first-order valence-electron chi connectivity index (χ1n) is 11.9. The molecule has 0 saturated heterocycles. The van der Waals surface area contributed by atoms with E-state index in [0.29, 0.717) is 46.3 Å². The van der Waals surface area contributed by atoms with Crippen molar-refractivity contribution in [3.05, 3.63) is 98.4 Å². The zero-order valence-corrected chi connectivity index (χ0v) is 21.7. The first-order valence-corrected chi connectivity index (χ1v) is 13.2. The molecule has 0 radical (unpaired) electrons. The third-order valence-corrected chi connectivity index (χ3v) is 7.85. The van der Waals surface area contributed by atoms with Crippen LogP contribution in [0.25, 0.3) is 11.0 Å². The standard InChI is InChI=1S/C28H26ClN3O3S/c1-3-28(2)14-23-20(16-35-28)13-22-25(30-23)31-27(32(26(22)34)15-18-7-5-4-6-8-18)36-17-24(33)19-9-11-21(29)12-10-19/h4-13H,3,14-17H2,1-2H3. The van der Waals surface area contributed by atoms with Crippen LogP contribution in [-0.4, -0.2) is 31.7 Å². The van der Waals surface area contributed by atoms with Gasteiger partial charge in [0.25, 0.3) is 5.56 Å². The van der Waals surface area contributed by atoms with E-state index in [9.17, 15) is 9.59 Å². The molecule has 4 aromatic rings. The van der Waals surface area contributed by atoms with Crippen LogP contribution in [0.1, 0.15) is 47.4 Å². The number of benzene rings is 2. The number of hydrogen-bond donors (Lipinski definition) is 0. The zero-order valence-electron chi connectivity index (χ0n) is 20.2. The SMILES string of the molecule is CCC1(C)Cc2nc3nc(SCC(=O)c4ccc(Cl)cc4)n(Cc4ccccc4)c(=O)c3cc2CO1. The molecule has 0 amide bonds. The fourth-order valence-corrected chi connectivity index (χ4v) is 5.24. The highest BCUT2D eigenvalue weighted by Gasteiger charge is 2.31. The minimum absolute atomic E-state index is 0.0634. The van der Waals surface area contributed by atoms with Crippen LogP contribution in [0.15, 0.2) is 70.6 Å². The number of aromatic nitrogens is 3. The number of carbonyl (C=O) groups is 1. The number of fused-ring (bicyclic) bond motifs is 2. The van der Waals surface area contributed by atoms with Crippen molar-refractivity contribution in [3.8, 4) is 0 Å². The third-order valence-electron chi connectivity index (χ3n) is 6.63. The monoisotopic (exact) mass is 519 g/mol. The molecule has 1 unspecified atom stereocenters. The molecule has 2 aromatic heterocycles. The minimum atomic E-state index is -0.279. The molecule has 8 heteroatoms. The molecule has 0 N–H and O–H groups in total. The van der Waals surface area contributed by atoms with Gasteiger partial charge in [0.15, 0.2) is 16.6 Å². The Morgan fingerprint density at radius 3 is 2.61 bits per heavy atom. The van der Waals surface area contributed by atoms with Crippen LogP contribution in [0.3, 0.4) is 0 Å². The summed E-state index contributed by atoms with van der Waals surface area (Å²) < 4.78 is 7.71. The van der Waals surface area contributed by atoms with Gasteiger partial charge >= 0.3 is 0 Å². The predicted molar refractivity (Wildman–Crippen MR) is 143 cm³/mol. The van der Waals surface area contributed by atoms with Gasteiger partial charge in [0.2, 0.25) is 0 Å². The smallest absolute Gasteiger partial charge is 0.264 e. The molecule has 6 nitrogen and oxygen atoms in total. The van der Waals surface area contributed by atoms with Crippen LogP contribution in [0.5, 0.6) is 0 Å². The van der Waals surface area contributed by atoms with Crippen molar-refractivity contribution >= 4 is 40.2 Å². The van der Waals surface area contributed by atoms with E-state index in [1.807, 2.05) is 36.4 Å². The second-order valence-corrected chi connectivity index (χ2v) is 10.6. The van der Waals surface area contributed by atoms with E-state index in [1.165, 1.54) is 11.8 Å². The summed E-state index contributed by atoms with van der Waals surface area (Å²) in [6, 6.07) is 18.4. The lowest BCUT2D eigenvalue weighted by Crippen LogP contribution is -2.35. The Morgan fingerprint density at radius 1 is 1.14 bits per heavy atom. The summed E-state index contributed by atoms with van der Waals surface area (Å²) in [5.74, 6) is 0.0765. The first kappa shape index (κ1) is 24.7. The van der Waals surface area contributed by atoms with Gasteiger partial charge in [0.1, 0.15) is 0 Å². The zero-order chi connectivity index (χ0) is 25.3. The molecule has 1 aliphatic heterocycles. The summed E-state index contributed by atoms with van der Waals surface area (Å²) in [6.07, 6.45) is 1.53. The van der Waals surface area contributed by atoms with E-state index in [1.54, 1.807) is 28.8 Å². The highest BCUT2D eigenvalue weighted by Crippen LogP contribution is 2.31. The van der Waals surface area contributed by atoms with Crippen LogP contribution >= 0.6 is 23.4 Å². The normalized spacial score (nSPS) is 17.2. The molecule has 0 bridgehead atoms. The molecular formula is C28H26ClN3O3S. The van der Waals surface area contributed by atoms with Gasteiger partial charge in [-0.25, -0.2) is 9.97 Å². The molecule has 3 heterocycles. The lowest BCUT2D eigenvalue weighted by Gasteiger charge is -2.33. The van der Waals surface area contributed by atoms with Gasteiger partial charge in [-0.15, -0.1) is 0 Å². The summed E-state index contributed by atoms with van der Waals surface area (Å²) in [4.78, 5) is 36.1. The van der Waals surface area contributed by atoms with E-state index < -0.39 is 0 Å². The number of ether oxygens (including phenoxy) is 1. The number of halogens is 1. The summed E-state index contributed by atoms with van der Waals surface area (Å²) >= 11 is 7.21. The van der Waals surface area contributed by atoms with Gasteiger partial charge in [-0.1, -0.05) is 60.6 Å². The highest BCUT2D eigenvalue weighted by atomic mass is 35.5. The highest BCUT2D eigenvalue weighted by molar-refractivity contribution is 7.99. The fraction of sp³-hybridized carbons (Fsp3) is 0.286. The quantitative estimate of drug-likeness (QED) is 0.177. The number of rotatable bonds is 7. The van der Waals surface area contributed by atoms with Crippen molar-refractivity contribution in [2.75, 3.05) is 5.75 Å². The predicted octanol–water partition coefficient (Wildman–Crippen LogP) is 5.71. The van der Waals surface area contributed by atoms with E-state index >= 15 is 0 Å². The Kier molecular flexibility index (Phi) is 6.97. The molecule has 1 atom stereocenters. The average Bonchev–Trinajstić information content (AvgIpc) is 2.89. The second kappa shape index (κ2) is 10.2. The molecule has 184 valence electrons. The number of pyridine rings is 1. The van der Waals surface area contributed by atoms with Crippen molar-refractivity contribution < 1.29 is 9.53 Å². The Hall–Kier alpha value is -3.00. The van der Waals surface area contributed by atoms with Crippen LogP contribution in [0.2, 0.25) is 5.02 Å². The lowest BCUT2D eigenvalue weighted by molar-refractivity contribution is -0.0573. The average molecular weight is 520 g/mol. The fourth-order valence-electron chi connectivity index (χ4n) is 4.23. The molecule has 0 saturated carbocycles. The summed E-state index contributed by atoms with van der Waals surface area (Å²) in [7, 11) is 0. The summed E-state index contributed by atoms with van der Waals surface area (Å²) in [5, 5.41) is 1.50. The van der Waals surface area contributed by atoms with E-state index in [0.717, 1.165) is 23.2 Å². The number of hydrogen-bond acceptors (Lipinski definition) is 6. The van der Waals surface area contributed by atoms with E-state index in [4.69, 9.17) is 26.3 Å². The third kappa shape index (κ3) is 5.09. The van der Waals surface area contributed by atoms with Crippen molar-refractivity contribution in [1.29, 1.82) is 0 Å².